The number of aromatic hydroxyl groups is 2. The highest BCUT2D eigenvalue weighted by Crippen LogP contribution is 2.51. The van der Waals surface area contributed by atoms with Gasteiger partial charge in [0, 0.05) is 17.8 Å². The topological polar surface area (TPSA) is 80.2 Å². The molecule has 0 amide bonds. The van der Waals surface area contributed by atoms with Crippen molar-refractivity contribution in [2.24, 2.45) is 0 Å². The molecule has 0 bridgehead atoms. The summed E-state index contributed by atoms with van der Waals surface area (Å²) in [6.45, 7) is 8.10. The minimum atomic E-state index is -4.63. The van der Waals surface area contributed by atoms with Gasteiger partial charge in [0.1, 0.15) is 12.4 Å². The first kappa shape index (κ1) is 30.3. The average Bonchev–Trinajstić information content (AvgIpc) is 2.88. The molecule has 0 saturated heterocycles. The van der Waals surface area contributed by atoms with Gasteiger partial charge in [-0.1, -0.05) is 29.4 Å². The number of nitrogens with one attached hydrogen (secondary N) is 1. The van der Waals surface area contributed by atoms with E-state index in [0.29, 0.717) is 5.56 Å². The molecule has 0 saturated carbocycles. The first-order valence-corrected chi connectivity index (χ1v) is 12.5. The number of rotatable bonds is 10. The summed E-state index contributed by atoms with van der Waals surface area (Å²) >= 11 is 0. The predicted octanol–water partition coefficient (Wildman–Crippen LogP) is 8.19. The number of halogens is 3. The van der Waals surface area contributed by atoms with Crippen LogP contribution in [0.2, 0.25) is 0 Å². The molecule has 0 heterocycles. The van der Waals surface area contributed by atoms with Crippen molar-refractivity contribution in [3.8, 4) is 51.0 Å². The van der Waals surface area contributed by atoms with Gasteiger partial charge in [-0.25, -0.2) is 0 Å². The van der Waals surface area contributed by atoms with E-state index in [4.69, 9.17) is 14.2 Å². The van der Waals surface area contributed by atoms with Crippen LogP contribution < -0.4 is 19.5 Å². The highest BCUT2D eigenvalue weighted by molar-refractivity contribution is 5.88. The highest BCUT2D eigenvalue weighted by atomic mass is 19.4. The van der Waals surface area contributed by atoms with Crippen LogP contribution in [0.1, 0.15) is 33.3 Å². The molecule has 0 aliphatic rings. The molecule has 6 nitrogen and oxygen atoms in total. The van der Waals surface area contributed by atoms with Crippen molar-refractivity contribution in [3.63, 3.8) is 0 Å². The minimum Gasteiger partial charge on any atom is -0.504 e. The molecule has 0 aliphatic carbocycles. The summed E-state index contributed by atoms with van der Waals surface area (Å²) in [5, 5.41) is 24.6. The Morgan fingerprint density at radius 3 is 2.10 bits per heavy atom. The molecule has 0 aromatic heterocycles. The maximum Gasteiger partial charge on any atom is 0.418 e. The van der Waals surface area contributed by atoms with E-state index in [1.165, 1.54) is 38.5 Å². The molecule has 3 aromatic rings. The lowest BCUT2D eigenvalue weighted by Gasteiger charge is -2.20. The average molecular weight is 558 g/mol. The number of benzene rings is 3. The zero-order chi connectivity index (χ0) is 29.6. The van der Waals surface area contributed by atoms with E-state index < -0.39 is 11.7 Å². The van der Waals surface area contributed by atoms with Crippen LogP contribution in [0.25, 0.3) is 22.3 Å². The smallest absolute Gasteiger partial charge is 0.418 e. The van der Waals surface area contributed by atoms with Crippen LogP contribution in [0.4, 0.5) is 18.9 Å². The maximum absolute atomic E-state index is 14.0. The van der Waals surface area contributed by atoms with Gasteiger partial charge in [-0.3, -0.25) is 0 Å². The number of hydrogen-bond acceptors (Lipinski definition) is 6. The van der Waals surface area contributed by atoms with Crippen molar-refractivity contribution < 1.29 is 37.6 Å². The minimum absolute atomic E-state index is 0.0439. The molecule has 0 unspecified atom stereocenters. The van der Waals surface area contributed by atoms with E-state index >= 15 is 0 Å². The summed E-state index contributed by atoms with van der Waals surface area (Å²) in [6.07, 6.45) is -0.976. The Kier molecular flexibility index (Phi) is 9.63. The second kappa shape index (κ2) is 12.7. The van der Waals surface area contributed by atoms with Gasteiger partial charge in [0.25, 0.3) is 0 Å². The third-order valence-electron chi connectivity index (χ3n) is 6.06. The van der Waals surface area contributed by atoms with Gasteiger partial charge in [0.2, 0.25) is 0 Å². The monoisotopic (exact) mass is 557 g/mol. The Hall–Kier alpha value is -4.27. The number of phenols is 2. The molecule has 9 heteroatoms. The predicted molar refractivity (Wildman–Crippen MR) is 152 cm³/mol. The quantitative estimate of drug-likeness (QED) is 0.218. The Morgan fingerprint density at radius 1 is 0.850 bits per heavy atom. The Balaban J connectivity index is 2.11. The third kappa shape index (κ3) is 7.02. The zero-order valence-electron chi connectivity index (χ0n) is 23.4. The molecule has 3 rings (SSSR count). The van der Waals surface area contributed by atoms with Gasteiger partial charge in [-0.2, -0.15) is 13.2 Å². The van der Waals surface area contributed by atoms with E-state index in [0.717, 1.165) is 17.2 Å². The number of methoxy groups -OCH3 is 2. The molecule has 0 fully saturated rings. The van der Waals surface area contributed by atoms with E-state index in [1.54, 1.807) is 18.2 Å². The third-order valence-corrected chi connectivity index (χ3v) is 6.06. The van der Waals surface area contributed by atoms with Gasteiger partial charge in [-0.05, 0) is 75.2 Å². The van der Waals surface area contributed by atoms with Gasteiger partial charge >= 0.3 is 6.18 Å². The normalized spacial score (nSPS) is 11.0. The summed E-state index contributed by atoms with van der Waals surface area (Å²) in [5.74, 6) is -0.131. The lowest BCUT2D eigenvalue weighted by molar-refractivity contribution is -0.136. The molecule has 0 spiro atoms. The fourth-order valence-electron chi connectivity index (χ4n) is 4.05. The number of ether oxygens (including phenoxy) is 3. The van der Waals surface area contributed by atoms with Gasteiger partial charge in [-0.15, -0.1) is 0 Å². The largest absolute Gasteiger partial charge is 0.504 e. The number of phenolic OH excluding ortho intramolecular Hbond substituents is 2. The first-order chi connectivity index (χ1) is 18.9. The molecule has 214 valence electrons. The van der Waals surface area contributed by atoms with Crippen LogP contribution >= 0.6 is 0 Å². The molecule has 0 atom stereocenters. The van der Waals surface area contributed by atoms with Crippen molar-refractivity contribution in [2.75, 3.05) is 32.7 Å². The van der Waals surface area contributed by atoms with Crippen LogP contribution in [0, 0.1) is 0 Å². The van der Waals surface area contributed by atoms with E-state index in [9.17, 15) is 23.4 Å². The van der Waals surface area contributed by atoms with Gasteiger partial charge < -0.3 is 29.7 Å². The Morgan fingerprint density at radius 2 is 1.52 bits per heavy atom. The standard InChI is InChI=1S/C31H34F3NO5/c1-18(2)11-13-35-24-9-7-20(15-23(24)31(32,33)34)22-17-27(38-5)28(29(37)30(22)39-6)21-8-10-26(25(36)16-21)40-14-12-19(3)4/h7-12,15-17,35-37H,13-14H2,1-6H3. The highest BCUT2D eigenvalue weighted by Gasteiger charge is 2.34. The van der Waals surface area contributed by atoms with Crippen LogP contribution in [-0.2, 0) is 6.18 Å². The van der Waals surface area contributed by atoms with Crippen molar-refractivity contribution in [1.82, 2.24) is 0 Å². The molecule has 3 N–H and O–H groups in total. The first-order valence-electron chi connectivity index (χ1n) is 12.5. The molecular formula is C31H34F3NO5. The van der Waals surface area contributed by atoms with Crippen LogP contribution in [0.3, 0.4) is 0 Å². The number of hydrogen-bond donors (Lipinski definition) is 3. The SMILES string of the molecule is COc1cc(-c2ccc(NCC=C(C)C)c(C(F)(F)F)c2)c(OC)c(O)c1-c1ccc(OCC=C(C)C)c(O)c1. The molecule has 40 heavy (non-hydrogen) atoms. The molecular weight excluding hydrogens is 523 g/mol. The van der Waals surface area contributed by atoms with Crippen LogP contribution in [0.5, 0.6) is 28.7 Å². The summed E-state index contributed by atoms with van der Waals surface area (Å²) in [5.41, 5.74) is 2.08. The lowest BCUT2D eigenvalue weighted by Crippen LogP contribution is -2.11. The van der Waals surface area contributed by atoms with Gasteiger partial charge in [0.05, 0.1) is 25.3 Å². The molecule has 3 aromatic carbocycles. The molecule has 0 radical (unpaired) electrons. The maximum atomic E-state index is 14.0. The van der Waals surface area contributed by atoms with E-state index in [-0.39, 0.29) is 64.3 Å². The summed E-state index contributed by atoms with van der Waals surface area (Å²) < 4.78 is 58.6. The summed E-state index contributed by atoms with van der Waals surface area (Å²) in [4.78, 5) is 0. The fourth-order valence-corrected chi connectivity index (χ4v) is 4.05. The zero-order valence-corrected chi connectivity index (χ0v) is 23.4. The summed E-state index contributed by atoms with van der Waals surface area (Å²) in [7, 11) is 2.69. The summed E-state index contributed by atoms with van der Waals surface area (Å²) in [6, 6.07) is 9.95. The second-order valence-corrected chi connectivity index (χ2v) is 9.58. The Bertz CT molecular complexity index is 1420. The number of anilines is 1. The van der Waals surface area contributed by atoms with Crippen LogP contribution in [-0.4, -0.2) is 37.6 Å². The lowest BCUT2D eigenvalue weighted by atomic mass is 9.95. The molecule has 0 aliphatic heterocycles. The van der Waals surface area contributed by atoms with Crippen LogP contribution in [0.15, 0.2) is 65.8 Å². The van der Waals surface area contributed by atoms with Crippen molar-refractivity contribution >= 4 is 5.69 Å². The van der Waals surface area contributed by atoms with E-state index in [1.807, 2.05) is 33.8 Å². The Labute approximate surface area is 232 Å². The number of allylic oxidation sites excluding steroid dienone is 2. The van der Waals surface area contributed by atoms with Crippen molar-refractivity contribution in [2.45, 2.75) is 33.9 Å². The van der Waals surface area contributed by atoms with E-state index in [2.05, 4.69) is 5.32 Å². The van der Waals surface area contributed by atoms with Gasteiger partial charge in [0.15, 0.2) is 23.0 Å². The second-order valence-electron chi connectivity index (χ2n) is 9.58. The fraction of sp³-hybridized carbons (Fsp3) is 0.290. The number of alkyl halides is 3. The van der Waals surface area contributed by atoms with Crippen molar-refractivity contribution in [1.29, 1.82) is 0 Å². The van der Waals surface area contributed by atoms with Crippen molar-refractivity contribution in [3.05, 3.63) is 71.3 Å².